The number of aliphatic hydroxyl groups is 2. The predicted molar refractivity (Wildman–Crippen MR) is 104 cm³/mol. The van der Waals surface area contributed by atoms with Gasteiger partial charge in [-0.3, -0.25) is 4.79 Å². The summed E-state index contributed by atoms with van der Waals surface area (Å²) < 4.78 is 5.53. The van der Waals surface area contributed by atoms with E-state index in [2.05, 4.69) is 26.0 Å². The van der Waals surface area contributed by atoms with Gasteiger partial charge in [-0.2, -0.15) is 0 Å². The largest absolute Gasteiger partial charge is 0.427 e. The molecule has 0 bridgehead atoms. The molecule has 4 rings (SSSR count). The van der Waals surface area contributed by atoms with Crippen LogP contribution in [0, 0.1) is 17.3 Å². The molecule has 4 heteroatoms. The Kier molecular flexibility index (Phi) is 5.06. The minimum absolute atomic E-state index is 0.146. The Balaban J connectivity index is 1.52. The van der Waals surface area contributed by atoms with E-state index in [0.717, 1.165) is 44.9 Å². The molecule has 2 fully saturated rings. The van der Waals surface area contributed by atoms with Gasteiger partial charge in [0.25, 0.3) is 0 Å². The second-order valence-electron chi connectivity index (χ2n) is 9.15. The third-order valence-corrected chi connectivity index (χ3v) is 7.64. The number of hydrogen-bond donors (Lipinski definition) is 2. The van der Waals surface area contributed by atoms with Crippen LogP contribution in [0.25, 0.3) is 0 Å². The van der Waals surface area contributed by atoms with Gasteiger partial charge in [0.15, 0.2) is 0 Å². The minimum atomic E-state index is -0.588. The molecule has 148 valence electrons. The highest BCUT2D eigenvalue weighted by Crippen LogP contribution is 2.60. The zero-order chi connectivity index (χ0) is 19.2. The van der Waals surface area contributed by atoms with Crippen molar-refractivity contribution < 1.29 is 19.7 Å². The molecular weight excluding hydrogens is 340 g/mol. The van der Waals surface area contributed by atoms with Crippen molar-refractivity contribution in [1.29, 1.82) is 0 Å². The van der Waals surface area contributed by atoms with Gasteiger partial charge in [0.1, 0.15) is 5.75 Å². The highest BCUT2D eigenvalue weighted by molar-refractivity contribution is 5.72. The molecule has 3 aliphatic rings. The highest BCUT2D eigenvalue weighted by atomic mass is 16.5. The van der Waals surface area contributed by atoms with Crippen molar-refractivity contribution in [3.63, 3.8) is 0 Å². The van der Waals surface area contributed by atoms with Crippen LogP contribution in [0.3, 0.4) is 0 Å². The predicted octanol–water partition coefficient (Wildman–Crippen LogP) is 3.97. The first-order valence-electron chi connectivity index (χ1n) is 10.6. The van der Waals surface area contributed by atoms with Gasteiger partial charge in [-0.05, 0) is 85.0 Å². The van der Waals surface area contributed by atoms with Gasteiger partial charge in [-0.25, -0.2) is 0 Å². The van der Waals surface area contributed by atoms with Crippen LogP contribution in [0.1, 0.15) is 75.8 Å². The Hall–Kier alpha value is -1.39. The maximum absolute atomic E-state index is 11.9. The Morgan fingerprint density at radius 2 is 2.11 bits per heavy atom. The van der Waals surface area contributed by atoms with Gasteiger partial charge >= 0.3 is 5.97 Å². The van der Waals surface area contributed by atoms with E-state index in [1.54, 1.807) is 0 Å². The molecule has 6 atom stereocenters. The Labute approximate surface area is 161 Å². The average molecular weight is 373 g/mol. The number of unbranched alkanes of at least 4 members (excludes halogenated alkanes) is 1. The summed E-state index contributed by atoms with van der Waals surface area (Å²) in [4.78, 5) is 11.9. The molecule has 1 aromatic carbocycles. The zero-order valence-electron chi connectivity index (χ0n) is 16.5. The fraction of sp³-hybridized carbons (Fsp3) is 0.696. The van der Waals surface area contributed by atoms with E-state index in [1.165, 1.54) is 11.1 Å². The normalized spacial score (nSPS) is 37.3. The molecule has 3 aliphatic carbocycles. The maximum Gasteiger partial charge on any atom is 0.311 e. The smallest absolute Gasteiger partial charge is 0.311 e. The Morgan fingerprint density at radius 1 is 1.30 bits per heavy atom. The van der Waals surface area contributed by atoms with Crippen molar-refractivity contribution in [2.24, 2.45) is 17.3 Å². The molecule has 1 aromatic rings. The second kappa shape index (κ2) is 7.21. The zero-order valence-corrected chi connectivity index (χ0v) is 16.5. The van der Waals surface area contributed by atoms with Crippen LogP contribution in [0.15, 0.2) is 18.2 Å². The second-order valence-corrected chi connectivity index (χ2v) is 9.15. The van der Waals surface area contributed by atoms with Crippen LogP contribution in [-0.2, 0) is 11.2 Å². The molecule has 0 unspecified atom stereocenters. The fourth-order valence-corrected chi connectivity index (χ4v) is 6.11. The number of fused-ring (bicyclic) bond motifs is 5. The van der Waals surface area contributed by atoms with Crippen LogP contribution in [0.5, 0.6) is 5.75 Å². The Morgan fingerprint density at radius 3 is 2.89 bits per heavy atom. The molecule has 0 spiro atoms. The SMILES string of the molecule is CCCCC(=O)Oc1ccc2c(c1)CC[C@@H]1[C@@H]2CC[C@]2(C)[C@@H](O)[C@H](O)C[C@@H]12. The summed E-state index contributed by atoms with van der Waals surface area (Å²) in [7, 11) is 0. The summed E-state index contributed by atoms with van der Waals surface area (Å²) in [5.41, 5.74) is 2.55. The fourth-order valence-electron chi connectivity index (χ4n) is 6.11. The number of carbonyl (C=O) groups is 1. The van der Waals surface area contributed by atoms with Gasteiger partial charge in [0.2, 0.25) is 0 Å². The quantitative estimate of drug-likeness (QED) is 0.620. The summed E-state index contributed by atoms with van der Waals surface area (Å²) in [6.07, 6.45) is 5.98. The van der Waals surface area contributed by atoms with Crippen molar-refractivity contribution in [2.75, 3.05) is 0 Å². The number of ether oxygens (including phenoxy) is 1. The van der Waals surface area contributed by atoms with Crippen molar-refractivity contribution in [3.05, 3.63) is 29.3 Å². The van der Waals surface area contributed by atoms with Crippen LogP contribution in [0.4, 0.5) is 0 Å². The molecule has 0 radical (unpaired) electrons. The van der Waals surface area contributed by atoms with Gasteiger partial charge in [0.05, 0.1) is 12.2 Å². The van der Waals surface area contributed by atoms with E-state index in [0.29, 0.717) is 29.9 Å². The molecular formula is C23H32O4. The molecule has 2 saturated carbocycles. The number of carbonyl (C=O) groups excluding carboxylic acids is 1. The Bertz CT molecular complexity index is 714. The monoisotopic (exact) mass is 372 g/mol. The molecule has 0 saturated heterocycles. The van der Waals surface area contributed by atoms with Crippen LogP contribution in [-0.4, -0.2) is 28.4 Å². The number of aliphatic hydroxyl groups excluding tert-OH is 2. The molecule has 0 aromatic heterocycles. The van der Waals surface area contributed by atoms with Crippen molar-refractivity contribution in [2.45, 2.75) is 83.3 Å². The number of benzene rings is 1. The topological polar surface area (TPSA) is 66.8 Å². The van der Waals surface area contributed by atoms with Gasteiger partial charge in [-0.15, -0.1) is 0 Å². The minimum Gasteiger partial charge on any atom is -0.427 e. The van der Waals surface area contributed by atoms with E-state index < -0.39 is 12.2 Å². The van der Waals surface area contributed by atoms with E-state index in [-0.39, 0.29) is 11.4 Å². The molecule has 27 heavy (non-hydrogen) atoms. The lowest BCUT2D eigenvalue weighted by Crippen LogP contribution is -2.44. The number of esters is 1. The van der Waals surface area contributed by atoms with E-state index in [9.17, 15) is 15.0 Å². The van der Waals surface area contributed by atoms with E-state index in [4.69, 9.17) is 4.74 Å². The van der Waals surface area contributed by atoms with Crippen molar-refractivity contribution >= 4 is 5.97 Å². The van der Waals surface area contributed by atoms with Crippen LogP contribution < -0.4 is 4.74 Å². The highest BCUT2D eigenvalue weighted by Gasteiger charge is 2.57. The maximum atomic E-state index is 11.9. The average Bonchev–Trinajstić information content (AvgIpc) is 2.89. The van der Waals surface area contributed by atoms with Crippen molar-refractivity contribution in [1.82, 2.24) is 0 Å². The third kappa shape index (κ3) is 3.21. The lowest BCUT2D eigenvalue weighted by atomic mass is 9.55. The molecule has 0 amide bonds. The lowest BCUT2D eigenvalue weighted by molar-refractivity contribution is -0.134. The van der Waals surface area contributed by atoms with Gasteiger partial charge in [-0.1, -0.05) is 26.3 Å². The summed E-state index contributed by atoms with van der Waals surface area (Å²) in [6, 6.07) is 6.15. The number of hydrogen-bond acceptors (Lipinski definition) is 4. The molecule has 4 nitrogen and oxygen atoms in total. The lowest BCUT2D eigenvalue weighted by Gasteiger charge is -2.49. The van der Waals surface area contributed by atoms with E-state index >= 15 is 0 Å². The first-order valence-corrected chi connectivity index (χ1v) is 10.6. The van der Waals surface area contributed by atoms with Crippen molar-refractivity contribution in [3.8, 4) is 5.75 Å². The standard InChI is InChI=1S/C23H32O4/c1-3-4-5-21(25)27-15-7-9-16-14(12-15)6-8-18-17(16)10-11-23(2)19(18)13-20(24)22(23)26/h7,9,12,17-20,22,24,26H,3-6,8,10-11,13H2,1-2H3/t17-,18-,19+,20-,22+,23+/m1/s1. The summed E-state index contributed by atoms with van der Waals surface area (Å²) in [5, 5.41) is 20.8. The first kappa shape index (κ1) is 18.9. The molecule has 2 N–H and O–H groups in total. The summed E-state index contributed by atoms with van der Waals surface area (Å²) in [6.45, 7) is 4.24. The van der Waals surface area contributed by atoms with Gasteiger partial charge < -0.3 is 14.9 Å². The van der Waals surface area contributed by atoms with Gasteiger partial charge in [0, 0.05) is 6.42 Å². The summed E-state index contributed by atoms with van der Waals surface area (Å²) >= 11 is 0. The van der Waals surface area contributed by atoms with E-state index in [1.807, 2.05) is 6.07 Å². The third-order valence-electron chi connectivity index (χ3n) is 7.64. The van der Waals surface area contributed by atoms with Crippen LogP contribution in [0.2, 0.25) is 0 Å². The number of rotatable bonds is 4. The molecule has 0 heterocycles. The first-order chi connectivity index (χ1) is 12.9. The number of aryl methyl sites for hydroxylation is 1. The van der Waals surface area contributed by atoms with Crippen LogP contribution >= 0.6 is 0 Å². The molecule has 0 aliphatic heterocycles. The summed E-state index contributed by atoms with van der Waals surface area (Å²) in [5.74, 6) is 1.93.